The molecule has 1 rings (SSSR count). The Labute approximate surface area is 110 Å². The Hall–Kier alpha value is -0.900. The highest BCUT2D eigenvalue weighted by molar-refractivity contribution is 9.09. The normalized spacial score (nSPS) is 11.4. The molecule has 0 aromatic heterocycles. The number of hydrogen-bond acceptors (Lipinski definition) is 3. The first-order valence-corrected chi connectivity index (χ1v) is 7.72. The van der Waals surface area contributed by atoms with Crippen LogP contribution in [0.15, 0.2) is 24.3 Å². The molecule has 0 atom stereocenters. The maximum atomic E-state index is 12.0. The van der Waals surface area contributed by atoms with Crippen LogP contribution in [0.25, 0.3) is 0 Å². The zero-order chi connectivity index (χ0) is 12.9. The maximum Gasteiger partial charge on any atom is 0.218 e. The Morgan fingerprint density at radius 2 is 2.06 bits per heavy atom. The smallest absolute Gasteiger partial charge is 0.212 e. The minimum atomic E-state index is -3.36. The van der Waals surface area contributed by atoms with Crippen LogP contribution in [0.4, 0.5) is 0 Å². The molecule has 92 valence electrons. The molecule has 0 saturated carbocycles. The van der Waals surface area contributed by atoms with Crippen LogP contribution < -0.4 is 0 Å². The van der Waals surface area contributed by atoms with Gasteiger partial charge in [-0.15, -0.1) is 0 Å². The van der Waals surface area contributed by atoms with Gasteiger partial charge < -0.3 is 0 Å². The summed E-state index contributed by atoms with van der Waals surface area (Å²) < 4.78 is 25.2. The molecule has 0 aliphatic heterocycles. The van der Waals surface area contributed by atoms with E-state index < -0.39 is 10.0 Å². The van der Waals surface area contributed by atoms with Gasteiger partial charge in [-0.25, -0.2) is 12.7 Å². The van der Waals surface area contributed by atoms with E-state index in [-0.39, 0.29) is 5.75 Å². The average molecular weight is 317 g/mol. The van der Waals surface area contributed by atoms with Crippen molar-refractivity contribution >= 4 is 26.0 Å². The molecule has 0 heterocycles. The minimum absolute atomic E-state index is 0.139. The van der Waals surface area contributed by atoms with Crippen molar-refractivity contribution in [3.63, 3.8) is 0 Å². The predicted molar refractivity (Wildman–Crippen MR) is 70.2 cm³/mol. The number of nitriles is 1. The standard InChI is InChI=1S/C11H13BrN2O2S/c1-14(7-6-12)17(15,16)9-11-5-3-2-4-10(11)8-13/h2-5H,6-7,9H2,1H3. The maximum absolute atomic E-state index is 12.0. The van der Waals surface area contributed by atoms with Crippen LogP contribution in [0.1, 0.15) is 11.1 Å². The fourth-order valence-electron chi connectivity index (χ4n) is 1.32. The fraction of sp³-hybridized carbons (Fsp3) is 0.364. The SMILES string of the molecule is CN(CCBr)S(=O)(=O)Cc1ccccc1C#N. The minimum Gasteiger partial charge on any atom is -0.212 e. The van der Waals surface area contributed by atoms with Crippen LogP contribution >= 0.6 is 15.9 Å². The number of benzene rings is 1. The molecule has 0 aliphatic carbocycles. The monoisotopic (exact) mass is 316 g/mol. The van der Waals surface area contributed by atoms with Gasteiger partial charge in [0.25, 0.3) is 0 Å². The molecule has 0 unspecified atom stereocenters. The van der Waals surface area contributed by atoms with Crippen LogP contribution in [0.5, 0.6) is 0 Å². The second-order valence-corrected chi connectivity index (χ2v) is 6.40. The molecular weight excluding hydrogens is 304 g/mol. The van der Waals surface area contributed by atoms with Crippen LogP contribution in [0, 0.1) is 11.3 Å². The van der Waals surface area contributed by atoms with Gasteiger partial charge in [0.05, 0.1) is 17.4 Å². The second kappa shape index (κ2) is 6.15. The van der Waals surface area contributed by atoms with Crippen LogP contribution in [-0.2, 0) is 15.8 Å². The molecule has 0 amide bonds. The van der Waals surface area contributed by atoms with Gasteiger partial charge in [0, 0.05) is 18.9 Å². The van der Waals surface area contributed by atoms with Crippen molar-refractivity contribution in [2.75, 3.05) is 18.9 Å². The molecule has 0 N–H and O–H groups in total. The van der Waals surface area contributed by atoms with E-state index in [1.54, 1.807) is 24.3 Å². The van der Waals surface area contributed by atoms with E-state index in [0.29, 0.717) is 23.0 Å². The summed E-state index contributed by atoms with van der Waals surface area (Å²) in [5.41, 5.74) is 0.944. The number of nitrogens with zero attached hydrogens (tertiary/aromatic N) is 2. The average Bonchev–Trinajstić information content (AvgIpc) is 2.29. The van der Waals surface area contributed by atoms with Gasteiger partial charge in [0.2, 0.25) is 10.0 Å². The molecule has 0 spiro atoms. The zero-order valence-corrected chi connectivity index (χ0v) is 11.8. The van der Waals surface area contributed by atoms with Crippen molar-refractivity contribution in [2.45, 2.75) is 5.75 Å². The highest BCUT2D eigenvalue weighted by Gasteiger charge is 2.19. The highest BCUT2D eigenvalue weighted by atomic mass is 79.9. The van der Waals surface area contributed by atoms with E-state index in [0.717, 1.165) is 0 Å². The molecule has 17 heavy (non-hydrogen) atoms. The molecule has 6 heteroatoms. The van der Waals surface area contributed by atoms with E-state index in [2.05, 4.69) is 15.9 Å². The zero-order valence-electron chi connectivity index (χ0n) is 9.43. The van der Waals surface area contributed by atoms with Gasteiger partial charge >= 0.3 is 0 Å². The molecule has 0 aliphatic rings. The predicted octanol–water partition coefficient (Wildman–Crippen LogP) is 1.71. The first-order valence-electron chi connectivity index (χ1n) is 4.99. The lowest BCUT2D eigenvalue weighted by atomic mass is 10.1. The summed E-state index contributed by atoms with van der Waals surface area (Å²) in [7, 11) is -1.82. The number of rotatable bonds is 5. The molecule has 0 fully saturated rings. The van der Waals surface area contributed by atoms with Gasteiger partial charge in [-0.2, -0.15) is 5.26 Å². The molecular formula is C11H13BrN2O2S. The van der Waals surface area contributed by atoms with Crippen molar-refractivity contribution in [2.24, 2.45) is 0 Å². The van der Waals surface area contributed by atoms with Crippen molar-refractivity contribution in [1.82, 2.24) is 4.31 Å². The molecule has 1 aromatic rings. The largest absolute Gasteiger partial charge is 0.218 e. The van der Waals surface area contributed by atoms with Crippen molar-refractivity contribution in [3.05, 3.63) is 35.4 Å². The van der Waals surface area contributed by atoms with Gasteiger partial charge in [-0.05, 0) is 11.6 Å². The van der Waals surface area contributed by atoms with E-state index in [9.17, 15) is 8.42 Å². The first-order chi connectivity index (χ1) is 8.01. The fourth-order valence-corrected chi connectivity index (χ4v) is 3.32. The lowest BCUT2D eigenvalue weighted by Crippen LogP contribution is -2.30. The van der Waals surface area contributed by atoms with Crippen molar-refractivity contribution in [1.29, 1.82) is 5.26 Å². The van der Waals surface area contributed by atoms with Crippen LogP contribution in [-0.4, -0.2) is 31.6 Å². The summed E-state index contributed by atoms with van der Waals surface area (Å²) in [6.07, 6.45) is 0. The first kappa shape index (κ1) is 14.2. The van der Waals surface area contributed by atoms with Gasteiger partial charge in [-0.1, -0.05) is 34.1 Å². The Kier molecular flexibility index (Phi) is 5.12. The number of hydrogen-bond donors (Lipinski definition) is 0. The van der Waals surface area contributed by atoms with E-state index in [1.165, 1.54) is 11.4 Å². The molecule has 0 bridgehead atoms. The van der Waals surface area contributed by atoms with Crippen molar-refractivity contribution < 1.29 is 8.42 Å². The highest BCUT2D eigenvalue weighted by Crippen LogP contribution is 2.13. The van der Waals surface area contributed by atoms with Gasteiger partial charge in [-0.3, -0.25) is 0 Å². The van der Waals surface area contributed by atoms with Gasteiger partial charge in [0.1, 0.15) is 0 Å². The number of halogens is 1. The third kappa shape index (κ3) is 3.80. The molecule has 0 radical (unpaired) electrons. The van der Waals surface area contributed by atoms with E-state index >= 15 is 0 Å². The van der Waals surface area contributed by atoms with Gasteiger partial charge in [0.15, 0.2) is 0 Å². The quantitative estimate of drug-likeness (QED) is 0.777. The Bertz CT molecular complexity index is 523. The molecule has 1 aromatic carbocycles. The Morgan fingerprint density at radius 3 is 2.65 bits per heavy atom. The Morgan fingerprint density at radius 1 is 1.41 bits per heavy atom. The molecule has 0 saturated heterocycles. The summed E-state index contributed by atoms with van der Waals surface area (Å²) in [5.74, 6) is -0.139. The summed E-state index contributed by atoms with van der Waals surface area (Å²) in [5, 5.41) is 9.48. The third-order valence-corrected chi connectivity index (χ3v) is 4.51. The third-order valence-electron chi connectivity index (χ3n) is 2.35. The topological polar surface area (TPSA) is 61.2 Å². The number of sulfonamides is 1. The summed E-state index contributed by atoms with van der Waals surface area (Å²) in [6, 6.07) is 8.73. The van der Waals surface area contributed by atoms with Crippen LogP contribution in [0.3, 0.4) is 0 Å². The molecule has 4 nitrogen and oxygen atoms in total. The van der Waals surface area contributed by atoms with Crippen LogP contribution in [0.2, 0.25) is 0 Å². The summed E-state index contributed by atoms with van der Waals surface area (Å²) in [4.78, 5) is 0. The summed E-state index contributed by atoms with van der Waals surface area (Å²) in [6.45, 7) is 0.414. The summed E-state index contributed by atoms with van der Waals surface area (Å²) >= 11 is 3.20. The van der Waals surface area contributed by atoms with E-state index in [1.807, 2.05) is 6.07 Å². The second-order valence-electron chi connectivity index (χ2n) is 3.54. The Balaban J connectivity index is 2.95. The number of alkyl halides is 1. The van der Waals surface area contributed by atoms with Crippen molar-refractivity contribution in [3.8, 4) is 6.07 Å². The van der Waals surface area contributed by atoms with E-state index in [4.69, 9.17) is 5.26 Å². The lowest BCUT2D eigenvalue weighted by molar-refractivity contribution is 0.488. The lowest BCUT2D eigenvalue weighted by Gasteiger charge is -2.16.